The molecule has 3 N–H and O–H groups in total. The molecule has 1 fully saturated rings. The molecule has 2 aromatic heterocycles. The summed E-state index contributed by atoms with van der Waals surface area (Å²) in [6.45, 7) is 3.20. The average molecular weight is 576 g/mol. The molecule has 12 heteroatoms. The minimum Gasteiger partial charge on any atom is -0.508 e. The topological polar surface area (TPSA) is 128 Å². The van der Waals surface area contributed by atoms with Gasteiger partial charge in [-0.05, 0) is 53.5 Å². The number of aromatic nitrogens is 3. The van der Waals surface area contributed by atoms with Crippen LogP contribution in [0.1, 0.15) is 18.9 Å². The fraction of sp³-hybridized carbons (Fsp3) is 0.300. The molecule has 3 heterocycles. The van der Waals surface area contributed by atoms with E-state index in [9.17, 15) is 14.3 Å². The van der Waals surface area contributed by atoms with Crippen molar-refractivity contribution in [3.05, 3.63) is 59.4 Å². The predicted octanol–water partition coefficient (Wildman–Crippen LogP) is 4.19. The molecule has 5 rings (SSSR count). The first-order valence-corrected chi connectivity index (χ1v) is 13.5. The number of halogens is 2. The minimum absolute atomic E-state index is 0.0499. The molecule has 0 radical (unpaired) electrons. The highest BCUT2D eigenvalue weighted by molar-refractivity contribution is 6.42. The maximum Gasteiger partial charge on any atom is 0.318 e. The lowest BCUT2D eigenvalue weighted by molar-refractivity contribution is -0.121. The van der Waals surface area contributed by atoms with Gasteiger partial charge < -0.3 is 25.0 Å². The Bertz CT molecular complexity index is 1760. The molecule has 0 unspecified atom stereocenters. The van der Waals surface area contributed by atoms with Crippen molar-refractivity contribution < 1.29 is 23.4 Å². The van der Waals surface area contributed by atoms with Crippen LogP contribution in [0.15, 0.2) is 42.2 Å². The Hall–Kier alpha value is -4.87. The van der Waals surface area contributed by atoms with E-state index in [-0.39, 0.29) is 40.8 Å². The van der Waals surface area contributed by atoms with E-state index in [0.29, 0.717) is 59.2 Å². The van der Waals surface area contributed by atoms with E-state index in [1.54, 1.807) is 27.1 Å². The number of benzene rings is 2. The van der Waals surface area contributed by atoms with Gasteiger partial charge in [-0.2, -0.15) is 9.97 Å². The molecule has 1 saturated heterocycles. The highest BCUT2D eigenvalue weighted by atomic mass is 19.1. The molecular weight excluding hydrogens is 544 g/mol. The van der Waals surface area contributed by atoms with Crippen molar-refractivity contribution in [1.29, 1.82) is 5.41 Å². The molecule has 1 aliphatic rings. The van der Waals surface area contributed by atoms with Crippen LogP contribution in [-0.4, -0.2) is 77.4 Å². The Labute approximate surface area is 241 Å². The lowest BCUT2D eigenvalue weighted by Gasteiger charge is -2.24. The Morgan fingerprint density at radius 1 is 1.26 bits per heavy atom. The van der Waals surface area contributed by atoms with Crippen LogP contribution in [0.2, 0.25) is 0 Å². The summed E-state index contributed by atoms with van der Waals surface area (Å²) in [7, 11) is 4.54. The van der Waals surface area contributed by atoms with Crippen LogP contribution < -0.4 is 15.0 Å². The van der Waals surface area contributed by atoms with Crippen molar-refractivity contribution in [3.8, 4) is 23.0 Å². The first-order valence-electron chi connectivity index (χ1n) is 13.5. The molecule has 10 nitrogen and oxygen atoms in total. The van der Waals surface area contributed by atoms with Crippen LogP contribution in [0.3, 0.4) is 0 Å². The largest absolute Gasteiger partial charge is 0.508 e. The van der Waals surface area contributed by atoms with Crippen LogP contribution in [-0.2, 0) is 11.2 Å². The lowest BCUT2D eigenvalue weighted by atomic mass is 9.94. The van der Waals surface area contributed by atoms with Crippen LogP contribution in [0, 0.1) is 17.0 Å². The van der Waals surface area contributed by atoms with E-state index in [2.05, 4.69) is 20.3 Å². The summed E-state index contributed by atoms with van der Waals surface area (Å²) in [5.41, 5.74) is 0.944. The molecule has 0 spiro atoms. The number of ether oxygens (including phenoxy) is 1. The van der Waals surface area contributed by atoms with Gasteiger partial charge in [0.15, 0.2) is 5.82 Å². The molecular formula is C30H31F2N7O3. The number of amides is 1. The number of nitrogens with zero attached hydrogens (tertiary/aromatic N) is 5. The van der Waals surface area contributed by atoms with Crippen molar-refractivity contribution in [2.75, 3.05) is 45.7 Å². The number of anilines is 1. The van der Waals surface area contributed by atoms with Gasteiger partial charge in [-0.25, -0.2) is 8.78 Å². The molecule has 4 aromatic rings. The number of nitrogens with one attached hydrogen (secondary N) is 2. The van der Waals surface area contributed by atoms with Gasteiger partial charge in [0.25, 0.3) is 5.91 Å². The maximum absolute atomic E-state index is 16.4. The summed E-state index contributed by atoms with van der Waals surface area (Å²) < 4.78 is 36.5. The second-order valence-electron chi connectivity index (χ2n) is 10.2. The monoisotopic (exact) mass is 575 g/mol. The first-order chi connectivity index (χ1) is 20.1. The van der Waals surface area contributed by atoms with Crippen molar-refractivity contribution in [1.82, 2.24) is 25.2 Å². The number of carbonyl (C=O) groups excluding carboxylic acids is 1. The van der Waals surface area contributed by atoms with Gasteiger partial charge in [0, 0.05) is 44.6 Å². The Morgan fingerprint density at radius 3 is 2.76 bits per heavy atom. The number of rotatable bonds is 6. The van der Waals surface area contributed by atoms with E-state index in [0.717, 1.165) is 0 Å². The van der Waals surface area contributed by atoms with Crippen LogP contribution in [0.5, 0.6) is 11.8 Å². The zero-order chi connectivity index (χ0) is 30.1. The standard InChI is InChI=1S/C30H31F2N7O3/c1-5-19-22(31)8-7-16-11-18(40)13-20(24(16)19)26-25(32)27-21(14-35-26)28(37-30(36-27)42-4)39-10-6-9-34-17(15-39)12-23(33)29(41)38(2)3/h7-8,11-14,33-34,40H,5-6,9-10,15H2,1-4H3/b17-12-,33-23?. The summed E-state index contributed by atoms with van der Waals surface area (Å²) in [5.74, 6) is -1.36. The third-order valence-corrected chi connectivity index (χ3v) is 7.16. The van der Waals surface area contributed by atoms with E-state index in [4.69, 9.17) is 10.1 Å². The molecule has 0 aliphatic carbocycles. The first kappa shape index (κ1) is 28.7. The molecule has 2 aromatic carbocycles. The third-order valence-electron chi connectivity index (χ3n) is 7.16. The fourth-order valence-electron chi connectivity index (χ4n) is 5.19. The molecule has 0 atom stereocenters. The van der Waals surface area contributed by atoms with Crippen molar-refractivity contribution in [2.45, 2.75) is 19.8 Å². The molecule has 218 valence electrons. The predicted molar refractivity (Wildman–Crippen MR) is 157 cm³/mol. The number of methoxy groups -OCH3 is 1. The lowest BCUT2D eigenvalue weighted by Crippen LogP contribution is -2.31. The number of aryl methyl sites for hydroxylation is 1. The number of aromatic hydroxyl groups is 1. The van der Waals surface area contributed by atoms with E-state index in [1.807, 2.05) is 4.90 Å². The van der Waals surface area contributed by atoms with Gasteiger partial charge in [-0.15, -0.1) is 0 Å². The Balaban J connectivity index is 1.66. The third kappa shape index (κ3) is 5.27. The summed E-state index contributed by atoms with van der Waals surface area (Å²) in [6, 6.07) is 5.69. The van der Waals surface area contributed by atoms with Crippen molar-refractivity contribution in [2.24, 2.45) is 0 Å². The zero-order valence-corrected chi connectivity index (χ0v) is 23.8. The minimum atomic E-state index is -0.769. The normalized spacial score (nSPS) is 14.6. The van der Waals surface area contributed by atoms with Crippen LogP contribution >= 0.6 is 0 Å². The van der Waals surface area contributed by atoms with Crippen molar-refractivity contribution in [3.63, 3.8) is 0 Å². The molecule has 1 aliphatic heterocycles. The second-order valence-corrected chi connectivity index (χ2v) is 10.2. The van der Waals surface area contributed by atoms with E-state index in [1.165, 1.54) is 42.5 Å². The van der Waals surface area contributed by atoms with E-state index < -0.39 is 17.5 Å². The van der Waals surface area contributed by atoms with Crippen molar-refractivity contribution >= 4 is 39.1 Å². The highest BCUT2D eigenvalue weighted by Gasteiger charge is 2.25. The maximum atomic E-state index is 16.4. The van der Waals surface area contributed by atoms with Gasteiger partial charge in [-0.1, -0.05) is 13.0 Å². The fourth-order valence-corrected chi connectivity index (χ4v) is 5.19. The molecule has 42 heavy (non-hydrogen) atoms. The van der Waals surface area contributed by atoms with Crippen LogP contribution in [0.25, 0.3) is 32.9 Å². The quantitative estimate of drug-likeness (QED) is 0.292. The molecule has 0 saturated carbocycles. The Morgan fingerprint density at radius 2 is 2.05 bits per heavy atom. The second kappa shape index (κ2) is 11.6. The number of hydrogen-bond acceptors (Lipinski definition) is 9. The summed E-state index contributed by atoms with van der Waals surface area (Å²) in [5, 5.41) is 23.2. The number of hydrogen-bond donors (Lipinski definition) is 3. The van der Waals surface area contributed by atoms with Gasteiger partial charge in [0.2, 0.25) is 0 Å². The number of pyridine rings is 1. The smallest absolute Gasteiger partial charge is 0.318 e. The SMILES string of the molecule is CCc1c(F)ccc2cc(O)cc(-c3ncc4c(N5CCCN/C(=C\C(=N)C(=O)N(C)C)C5)nc(OC)nc4c3F)c12. The highest BCUT2D eigenvalue weighted by Crippen LogP contribution is 2.39. The average Bonchev–Trinajstić information content (AvgIpc) is 3.21. The van der Waals surface area contributed by atoms with E-state index >= 15 is 4.39 Å². The van der Waals surface area contributed by atoms with Gasteiger partial charge in [0.05, 0.1) is 19.0 Å². The number of carbonyl (C=O) groups is 1. The number of fused-ring (bicyclic) bond motifs is 2. The van der Waals surface area contributed by atoms with Gasteiger partial charge >= 0.3 is 6.01 Å². The Kier molecular flexibility index (Phi) is 7.88. The molecule has 0 bridgehead atoms. The zero-order valence-electron chi connectivity index (χ0n) is 23.8. The number of phenolic OH excluding ortho intramolecular Hbond substituents is 1. The van der Waals surface area contributed by atoms with Gasteiger partial charge in [0.1, 0.15) is 34.3 Å². The molecule has 1 amide bonds. The number of phenols is 1. The summed E-state index contributed by atoms with van der Waals surface area (Å²) in [6.07, 6.45) is 4.00. The summed E-state index contributed by atoms with van der Waals surface area (Å²) in [4.78, 5) is 28.7. The summed E-state index contributed by atoms with van der Waals surface area (Å²) >= 11 is 0. The van der Waals surface area contributed by atoms with Crippen LogP contribution in [0.4, 0.5) is 14.6 Å². The van der Waals surface area contributed by atoms with Gasteiger partial charge in [-0.3, -0.25) is 15.2 Å².